The van der Waals surface area contributed by atoms with Gasteiger partial charge < -0.3 is 19.7 Å². The minimum Gasteiger partial charge on any atom is -0.462 e. The van der Waals surface area contributed by atoms with Crippen LogP contribution in [0.5, 0.6) is 0 Å². The van der Waals surface area contributed by atoms with E-state index in [0.717, 1.165) is 24.8 Å². The predicted molar refractivity (Wildman–Crippen MR) is 66.6 cm³/mol. The second kappa shape index (κ2) is 6.19. The summed E-state index contributed by atoms with van der Waals surface area (Å²) >= 11 is 0. The molecular weight excluding hydrogens is 216 g/mol. The summed E-state index contributed by atoms with van der Waals surface area (Å²) in [5.41, 5.74) is 0. The highest BCUT2D eigenvalue weighted by Crippen LogP contribution is 2.15. The first-order valence-corrected chi connectivity index (χ1v) is 6.35. The molecule has 1 aliphatic rings. The van der Waals surface area contributed by atoms with E-state index < -0.39 is 0 Å². The molecular formula is C13H22N2O2. The fourth-order valence-electron chi connectivity index (χ4n) is 2.27. The highest BCUT2D eigenvalue weighted by atomic mass is 16.4. The third kappa shape index (κ3) is 3.84. The summed E-state index contributed by atoms with van der Waals surface area (Å²) in [5.74, 6) is 2.33. The van der Waals surface area contributed by atoms with E-state index in [0.29, 0.717) is 5.76 Å². The van der Waals surface area contributed by atoms with Gasteiger partial charge in [0, 0.05) is 0 Å². The lowest BCUT2D eigenvalue weighted by Gasteiger charge is -2.28. The van der Waals surface area contributed by atoms with Crippen LogP contribution in [0, 0.1) is 5.92 Å². The van der Waals surface area contributed by atoms with Crippen molar-refractivity contribution in [3.05, 3.63) is 23.7 Å². The van der Waals surface area contributed by atoms with E-state index in [4.69, 9.17) is 9.52 Å². The van der Waals surface area contributed by atoms with Gasteiger partial charge in [0.1, 0.15) is 18.1 Å². The Morgan fingerprint density at radius 3 is 2.71 bits per heavy atom. The van der Waals surface area contributed by atoms with Crippen LogP contribution in [-0.4, -0.2) is 36.7 Å². The first-order chi connectivity index (χ1) is 8.28. The van der Waals surface area contributed by atoms with Gasteiger partial charge in [-0.3, -0.25) is 0 Å². The van der Waals surface area contributed by atoms with Gasteiger partial charge in [0.2, 0.25) is 0 Å². The summed E-state index contributed by atoms with van der Waals surface area (Å²) in [6.45, 7) is 4.22. The van der Waals surface area contributed by atoms with Gasteiger partial charge in [-0.15, -0.1) is 0 Å². The molecule has 2 N–H and O–H groups in total. The number of likely N-dealkylation sites (tertiary alicyclic amines) is 1. The lowest BCUT2D eigenvalue weighted by Crippen LogP contribution is -2.34. The zero-order valence-corrected chi connectivity index (χ0v) is 10.5. The third-order valence-electron chi connectivity index (χ3n) is 3.44. The molecule has 0 amide bonds. The van der Waals surface area contributed by atoms with Crippen LogP contribution in [0.3, 0.4) is 0 Å². The Hall–Kier alpha value is -0.840. The molecule has 0 atom stereocenters. The molecule has 0 saturated carbocycles. The van der Waals surface area contributed by atoms with E-state index in [9.17, 15) is 0 Å². The molecule has 1 aromatic heterocycles. The van der Waals surface area contributed by atoms with Crippen LogP contribution in [0.1, 0.15) is 24.4 Å². The summed E-state index contributed by atoms with van der Waals surface area (Å²) in [4.78, 5) is 2.39. The number of rotatable bonds is 5. The van der Waals surface area contributed by atoms with Crippen LogP contribution in [0.2, 0.25) is 0 Å². The average Bonchev–Trinajstić information content (AvgIpc) is 2.80. The number of aliphatic hydroxyl groups is 1. The van der Waals surface area contributed by atoms with Crippen LogP contribution in [0.4, 0.5) is 0 Å². The number of hydrogen-bond donors (Lipinski definition) is 2. The Labute approximate surface area is 103 Å². The SMILES string of the molecule is CN1CCC(CNCc2ccc(CO)o2)CC1. The van der Waals surface area contributed by atoms with Gasteiger partial charge in [0.25, 0.3) is 0 Å². The summed E-state index contributed by atoms with van der Waals surface area (Å²) in [7, 11) is 2.18. The van der Waals surface area contributed by atoms with E-state index in [-0.39, 0.29) is 6.61 Å². The Balaban J connectivity index is 1.65. The monoisotopic (exact) mass is 238 g/mol. The van der Waals surface area contributed by atoms with Gasteiger partial charge in [-0.2, -0.15) is 0 Å². The van der Waals surface area contributed by atoms with Crippen LogP contribution >= 0.6 is 0 Å². The Morgan fingerprint density at radius 1 is 1.35 bits per heavy atom. The molecule has 1 fully saturated rings. The maximum absolute atomic E-state index is 8.89. The van der Waals surface area contributed by atoms with Crippen molar-refractivity contribution in [1.29, 1.82) is 0 Å². The molecule has 96 valence electrons. The molecule has 0 aromatic carbocycles. The summed E-state index contributed by atoms with van der Waals surface area (Å²) in [6.07, 6.45) is 2.56. The number of nitrogens with one attached hydrogen (secondary N) is 1. The third-order valence-corrected chi connectivity index (χ3v) is 3.44. The maximum Gasteiger partial charge on any atom is 0.129 e. The Kier molecular flexibility index (Phi) is 4.59. The van der Waals surface area contributed by atoms with Crippen LogP contribution in [0.25, 0.3) is 0 Å². The van der Waals surface area contributed by atoms with Crippen molar-refractivity contribution in [3.8, 4) is 0 Å². The molecule has 0 bridgehead atoms. The highest BCUT2D eigenvalue weighted by Gasteiger charge is 2.15. The number of hydrogen-bond acceptors (Lipinski definition) is 4. The second-order valence-electron chi connectivity index (χ2n) is 4.90. The van der Waals surface area contributed by atoms with Crippen molar-refractivity contribution < 1.29 is 9.52 Å². The molecule has 1 aliphatic heterocycles. The average molecular weight is 238 g/mol. The molecule has 2 heterocycles. The summed E-state index contributed by atoms with van der Waals surface area (Å²) < 4.78 is 5.42. The van der Waals surface area contributed by atoms with Gasteiger partial charge in [0.15, 0.2) is 0 Å². The van der Waals surface area contributed by atoms with Crippen molar-refractivity contribution in [2.24, 2.45) is 5.92 Å². The van der Waals surface area contributed by atoms with Gasteiger partial charge >= 0.3 is 0 Å². The Bertz CT molecular complexity index is 330. The molecule has 17 heavy (non-hydrogen) atoms. The van der Waals surface area contributed by atoms with E-state index in [2.05, 4.69) is 17.3 Å². The lowest BCUT2D eigenvalue weighted by atomic mass is 9.97. The summed E-state index contributed by atoms with van der Waals surface area (Å²) in [5, 5.41) is 12.3. The highest BCUT2D eigenvalue weighted by molar-refractivity contribution is 5.06. The molecule has 1 aromatic rings. The largest absolute Gasteiger partial charge is 0.462 e. The van der Waals surface area contributed by atoms with E-state index >= 15 is 0 Å². The molecule has 0 radical (unpaired) electrons. The van der Waals surface area contributed by atoms with Crippen molar-refractivity contribution in [3.63, 3.8) is 0 Å². The molecule has 0 spiro atoms. The molecule has 0 unspecified atom stereocenters. The van der Waals surface area contributed by atoms with E-state index in [1.54, 1.807) is 0 Å². The quantitative estimate of drug-likeness (QED) is 0.809. The van der Waals surface area contributed by atoms with Crippen LogP contribution in [0.15, 0.2) is 16.5 Å². The normalized spacial score (nSPS) is 18.7. The minimum absolute atomic E-state index is 0.0189. The van der Waals surface area contributed by atoms with E-state index in [1.165, 1.54) is 25.9 Å². The fraction of sp³-hybridized carbons (Fsp3) is 0.692. The summed E-state index contributed by atoms with van der Waals surface area (Å²) in [6, 6.07) is 3.75. The molecule has 0 aliphatic carbocycles. The van der Waals surface area contributed by atoms with Crippen molar-refractivity contribution in [2.75, 3.05) is 26.7 Å². The maximum atomic E-state index is 8.89. The van der Waals surface area contributed by atoms with Crippen LogP contribution in [-0.2, 0) is 13.2 Å². The zero-order chi connectivity index (χ0) is 12.1. The van der Waals surface area contributed by atoms with Gasteiger partial charge in [-0.05, 0) is 57.6 Å². The standard InChI is InChI=1S/C13H22N2O2/c1-15-6-4-11(5-7-15)8-14-9-12-2-3-13(10-16)17-12/h2-3,11,14,16H,4-10H2,1H3. The number of nitrogens with zero attached hydrogens (tertiary/aromatic N) is 1. The Morgan fingerprint density at radius 2 is 2.06 bits per heavy atom. The molecule has 4 nitrogen and oxygen atoms in total. The molecule has 4 heteroatoms. The lowest BCUT2D eigenvalue weighted by molar-refractivity contribution is 0.214. The fourth-order valence-corrected chi connectivity index (χ4v) is 2.27. The number of aliphatic hydroxyl groups excluding tert-OH is 1. The van der Waals surface area contributed by atoms with E-state index in [1.807, 2.05) is 12.1 Å². The van der Waals surface area contributed by atoms with Gasteiger partial charge in [-0.1, -0.05) is 0 Å². The zero-order valence-electron chi connectivity index (χ0n) is 10.5. The number of furan rings is 1. The van der Waals surface area contributed by atoms with Crippen molar-refractivity contribution >= 4 is 0 Å². The van der Waals surface area contributed by atoms with Gasteiger partial charge in [0.05, 0.1) is 6.54 Å². The minimum atomic E-state index is -0.0189. The predicted octanol–water partition coefficient (Wildman–Crippen LogP) is 1.20. The van der Waals surface area contributed by atoms with Gasteiger partial charge in [-0.25, -0.2) is 0 Å². The molecule has 1 saturated heterocycles. The second-order valence-corrected chi connectivity index (χ2v) is 4.90. The smallest absolute Gasteiger partial charge is 0.129 e. The topological polar surface area (TPSA) is 48.6 Å². The number of piperidine rings is 1. The first-order valence-electron chi connectivity index (χ1n) is 6.35. The van der Waals surface area contributed by atoms with Crippen molar-refractivity contribution in [2.45, 2.75) is 26.0 Å². The molecule has 2 rings (SSSR count). The van der Waals surface area contributed by atoms with Crippen LogP contribution < -0.4 is 5.32 Å². The van der Waals surface area contributed by atoms with Crippen molar-refractivity contribution in [1.82, 2.24) is 10.2 Å². The first kappa shape index (κ1) is 12.6.